The highest BCUT2D eigenvalue weighted by Crippen LogP contribution is 2.35. The van der Waals surface area contributed by atoms with Crippen molar-refractivity contribution in [2.75, 3.05) is 31.7 Å². The molecular formula is C18H23N3O2. The number of anilines is 1. The molecule has 1 aliphatic heterocycles. The van der Waals surface area contributed by atoms with E-state index < -0.39 is 0 Å². The molecule has 0 spiro atoms. The Morgan fingerprint density at radius 2 is 2.09 bits per heavy atom. The first-order valence-electron chi connectivity index (χ1n) is 8.00. The number of aliphatic hydroxyl groups excluding tert-OH is 1. The molecule has 5 heteroatoms. The number of ether oxygens (including phenoxy) is 1. The summed E-state index contributed by atoms with van der Waals surface area (Å²) < 4.78 is 5.31. The predicted octanol–water partition coefficient (Wildman–Crippen LogP) is 2.31. The first-order chi connectivity index (χ1) is 11.2. The van der Waals surface area contributed by atoms with Crippen LogP contribution in [0, 0.1) is 5.41 Å². The van der Waals surface area contributed by atoms with Gasteiger partial charge in [-0.05, 0) is 43.0 Å². The highest BCUT2D eigenvalue weighted by atomic mass is 16.5. The van der Waals surface area contributed by atoms with Crippen molar-refractivity contribution in [2.24, 2.45) is 5.41 Å². The third-order valence-corrected chi connectivity index (χ3v) is 4.55. The van der Waals surface area contributed by atoms with E-state index in [1.807, 2.05) is 18.2 Å². The molecule has 0 amide bonds. The average molecular weight is 313 g/mol. The molecule has 5 nitrogen and oxygen atoms in total. The van der Waals surface area contributed by atoms with Crippen molar-refractivity contribution < 1.29 is 9.84 Å². The van der Waals surface area contributed by atoms with Crippen molar-refractivity contribution in [1.82, 2.24) is 9.97 Å². The first kappa shape index (κ1) is 15.7. The van der Waals surface area contributed by atoms with Gasteiger partial charge in [0.1, 0.15) is 5.75 Å². The zero-order valence-corrected chi connectivity index (χ0v) is 13.5. The van der Waals surface area contributed by atoms with Gasteiger partial charge in [-0.15, -0.1) is 0 Å². The molecule has 2 aromatic rings. The van der Waals surface area contributed by atoms with Crippen LogP contribution >= 0.6 is 0 Å². The van der Waals surface area contributed by atoms with Gasteiger partial charge in [-0.2, -0.15) is 0 Å². The maximum absolute atomic E-state index is 10.1. The fourth-order valence-electron chi connectivity index (χ4n) is 3.38. The van der Waals surface area contributed by atoms with Crippen molar-refractivity contribution in [2.45, 2.75) is 19.3 Å². The Balaban J connectivity index is 1.79. The summed E-state index contributed by atoms with van der Waals surface area (Å²) in [4.78, 5) is 10.9. The predicted molar refractivity (Wildman–Crippen MR) is 89.7 cm³/mol. The minimum atomic E-state index is -0.163. The molecule has 0 saturated carbocycles. The quantitative estimate of drug-likeness (QED) is 0.918. The minimum Gasteiger partial charge on any atom is -0.497 e. The number of rotatable bonds is 5. The second kappa shape index (κ2) is 6.96. The Kier molecular flexibility index (Phi) is 4.76. The second-order valence-corrected chi connectivity index (χ2v) is 6.26. The number of nitrogens with zero attached hydrogens (tertiary/aromatic N) is 3. The Morgan fingerprint density at radius 3 is 2.83 bits per heavy atom. The normalized spacial score (nSPS) is 21.2. The maximum atomic E-state index is 10.1. The Labute approximate surface area is 137 Å². The van der Waals surface area contributed by atoms with Crippen LogP contribution in [0.15, 0.2) is 42.7 Å². The molecule has 0 bridgehead atoms. The number of methoxy groups -OCH3 is 1. The summed E-state index contributed by atoms with van der Waals surface area (Å²) >= 11 is 0. The minimum absolute atomic E-state index is 0.160. The largest absolute Gasteiger partial charge is 0.497 e. The van der Waals surface area contributed by atoms with Crippen LogP contribution in [0.25, 0.3) is 0 Å². The molecule has 0 aliphatic carbocycles. The van der Waals surface area contributed by atoms with Crippen molar-refractivity contribution in [3.05, 3.63) is 48.3 Å². The van der Waals surface area contributed by atoms with Gasteiger partial charge in [0.25, 0.3) is 0 Å². The van der Waals surface area contributed by atoms with Crippen molar-refractivity contribution >= 4 is 5.95 Å². The molecule has 23 heavy (non-hydrogen) atoms. The summed E-state index contributed by atoms with van der Waals surface area (Å²) in [6.45, 7) is 1.86. The van der Waals surface area contributed by atoms with Gasteiger partial charge in [-0.3, -0.25) is 0 Å². The van der Waals surface area contributed by atoms with Crippen LogP contribution in [0.5, 0.6) is 5.75 Å². The van der Waals surface area contributed by atoms with Crippen molar-refractivity contribution in [3.8, 4) is 5.75 Å². The summed E-state index contributed by atoms with van der Waals surface area (Å²) in [6, 6.07) is 9.91. The van der Waals surface area contributed by atoms with Crippen LogP contribution in [-0.2, 0) is 6.42 Å². The van der Waals surface area contributed by atoms with E-state index in [2.05, 4.69) is 27.0 Å². The van der Waals surface area contributed by atoms with Gasteiger partial charge in [0, 0.05) is 30.9 Å². The van der Waals surface area contributed by atoms with Gasteiger partial charge < -0.3 is 14.7 Å². The van der Waals surface area contributed by atoms with Crippen LogP contribution in [0.1, 0.15) is 18.4 Å². The lowest BCUT2D eigenvalue weighted by atomic mass is 9.76. The van der Waals surface area contributed by atoms with Crippen molar-refractivity contribution in [3.63, 3.8) is 0 Å². The SMILES string of the molecule is COc1cccc(CC2(CO)CCCN(c3ncccn3)C2)c1. The lowest BCUT2D eigenvalue weighted by Crippen LogP contribution is -2.47. The zero-order valence-electron chi connectivity index (χ0n) is 13.5. The van der Waals surface area contributed by atoms with Crippen LogP contribution in [-0.4, -0.2) is 41.9 Å². The van der Waals surface area contributed by atoms with Gasteiger partial charge in [0.2, 0.25) is 5.95 Å². The monoisotopic (exact) mass is 313 g/mol. The Morgan fingerprint density at radius 1 is 1.26 bits per heavy atom. The Bertz CT molecular complexity index is 635. The molecule has 1 aliphatic rings. The fraction of sp³-hybridized carbons (Fsp3) is 0.444. The van der Waals surface area contributed by atoms with Crippen LogP contribution in [0.4, 0.5) is 5.95 Å². The molecule has 1 aromatic heterocycles. The molecule has 1 unspecified atom stereocenters. The van der Waals surface area contributed by atoms with Gasteiger partial charge in [0.05, 0.1) is 13.7 Å². The summed E-state index contributed by atoms with van der Waals surface area (Å²) in [5, 5.41) is 10.1. The molecule has 1 atom stereocenters. The molecular weight excluding hydrogens is 290 g/mol. The molecule has 1 fully saturated rings. The average Bonchev–Trinajstić information content (AvgIpc) is 2.63. The third-order valence-electron chi connectivity index (χ3n) is 4.55. The van der Waals surface area contributed by atoms with Crippen molar-refractivity contribution in [1.29, 1.82) is 0 Å². The van der Waals surface area contributed by atoms with E-state index in [0.29, 0.717) is 0 Å². The second-order valence-electron chi connectivity index (χ2n) is 6.26. The molecule has 2 heterocycles. The van der Waals surface area contributed by atoms with E-state index in [1.165, 1.54) is 5.56 Å². The van der Waals surface area contributed by atoms with E-state index in [0.717, 1.165) is 44.0 Å². The summed E-state index contributed by atoms with van der Waals surface area (Å²) in [5.74, 6) is 1.60. The zero-order chi connectivity index (χ0) is 16.1. The number of hydrogen-bond donors (Lipinski definition) is 1. The summed E-state index contributed by atoms with van der Waals surface area (Å²) in [5.41, 5.74) is 1.03. The van der Waals surface area contributed by atoms with Gasteiger partial charge >= 0.3 is 0 Å². The molecule has 1 N–H and O–H groups in total. The summed E-state index contributed by atoms with van der Waals surface area (Å²) in [7, 11) is 1.68. The topological polar surface area (TPSA) is 58.5 Å². The van der Waals surface area contributed by atoms with E-state index in [-0.39, 0.29) is 12.0 Å². The van der Waals surface area contributed by atoms with Crippen LogP contribution < -0.4 is 9.64 Å². The van der Waals surface area contributed by atoms with E-state index >= 15 is 0 Å². The van der Waals surface area contributed by atoms with E-state index in [4.69, 9.17) is 4.74 Å². The number of aliphatic hydroxyl groups is 1. The molecule has 1 saturated heterocycles. The van der Waals surface area contributed by atoms with Gasteiger partial charge in [0.15, 0.2) is 0 Å². The molecule has 122 valence electrons. The Hall–Kier alpha value is -2.14. The van der Waals surface area contributed by atoms with Gasteiger partial charge in [-0.25, -0.2) is 9.97 Å². The number of piperidine rings is 1. The number of benzene rings is 1. The fourth-order valence-corrected chi connectivity index (χ4v) is 3.38. The molecule has 1 aromatic carbocycles. The van der Waals surface area contributed by atoms with Crippen LogP contribution in [0.2, 0.25) is 0 Å². The smallest absolute Gasteiger partial charge is 0.225 e. The van der Waals surface area contributed by atoms with Gasteiger partial charge in [-0.1, -0.05) is 12.1 Å². The lowest BCUT2D eigenvalue weighted by Gasteiger charge is -2.42. The highest BCUT2D eigenvalue weighted by molar-refractivity contribution is 5.33. The number of hydrogen-bond acceptors (Lipinski definition) is 5. The van der Waals surface area contributed by atoms with Crippen LogP contribution in [0.3, 0.4) is 0 Å². The number of aromatic nitrogens is 2. The standard InChI is InChI=1S/C18H23N3O2/c1-23-16-6-2-5-15(11-16)12-18(14-22)7-3-10-21(13-18)17-19-8-4-9-20-17/h2,4-6,8-9,11,22H,3,7,10,12-14H2,1H3. The van der Waals surface area contributed by atoms with E-state index in [1.54, 1.807) is 19.5 Å². The molecule has 0 radical (unpaired) electrons. The highest BCUT2D eigenvalue weighted by Gasteiger charge is 2.36. The third kappa shape index (κ3) is 3.62. The molecule has 3 rings (SSSR count). The lowest BCUT2D eigenvalue weighted by molar-refractivity contribution is 0.105. The first-order valence-corrected chi connectivity index (χ1v) is 8.00. The van der Waals surface area contributed by atoms with E-state index in [9.17, 15) is 5.11 Å². The summed E-state index contributed by atoms with van der Waals surface area (Å²) in [6.07, 6.45) is 6.39. The maximum Gasteiger partial charge on any atom is 0.225 e.